The van der Waals surface area contributed by atoms with Gasteiger partial charge in [0.1, 0.15) is 23.2 Å². The van der Waals surface area contributed by atoms with E-state index < -0.39 is 22.9 Å². The zero-order valence-corrected chi connectivity index (χ0v) is 22.2. The first-order chi connectivity index (χ1) is 18.1. The quantitative estimate of drug-likeness (QED) is 0.271. The number of hydrogen-bond acceptors (Lipinski definition) is 7. The number of nitrogens with zero attached hydrogens (tertiary/aromatic N) is 2. The van der Waals surface area contributed by atoms with Gasteiger partial charge in [0.15, 0.2) is 0 Å². The number of aliphatic carboxylic acids is 1. The lowest BCUT2D eigenvalue weighted by atomic mass is 10.0. The molecule has 2 unspecified atom stereocenters. The van der Waals surface area contributed by atoms with Crippen LogP contribution in [0.3, 0.4) is 0 Å². The number of aromatic nitrogens is 1. The Bertz CT molecular complexity index is 1580. The molecule has 9 heteroatoms. The van der Waals surface area contributed by atoms with Gasteiger partial charge in [-0.2, -0.15) is 0 Å². The van der Waals surface area contributed by atoms with Crippen LogP contribution in [0.4, 0.5) is 22.9 Å². The van der Waals surface area contributed by atoms with Gasteiger partial charge >= 0.3 is 5.97 Å². The van der Waals surface area contributed by atoms with Crippen molar-refractivity contribution in [1.82, 2.24) is 4.98 Å². The van der Waals surface area contributed by atoms with Gasteiger partial charge in [0.05, 0.1) is 0 Å². The molecular formula is C29H29ClN4O4. The summed E-state index contributed by atoms with van der Waals surface area (Å²) in [6.07, 6.45) is 1.98. The Morgan fingerprint density at radius 3 is 2.42 bits per heavy atom. The highest BCUT2D eigenvalue weighted by molar-refractivity contribution is 6.31. The maximum Gasteiger partial charge on any atom is 0.326 e. The number of anilines is 4. The van der Waals surface area contributed by atoms with Gasteiger partial charge in [0.25, 0.3) is 10.9 Å². The Hall–Kier alpha value is -3.91. The summed E-state index contributed by atoms with van der Waals surface area (Å²) in [5.41, 5.74) is 1.64. The monoisotopic (exact) mass is 532 g/mol. The lowest BCUT2D eigenvalue weighted by Crippen LogP contribution is -2.48. The van der Waals surface area contributed by atoms with Crippen molar-refractivity contribution >= 4 is 51.2 Å². The van der Waals surface area contributed by atoms with Crippen LogP contribution in [0.15, 0.2) is 58.1 Å². The van der Waals surface area contributed by atoms with E-state index in [9.17, 15) is 19.5 Å². The second kappa shape index (κ2) is 10.1. The van der Waals surface area contributed by atoms with Gasteiger partial charge in [0.2, 0.25) is 0 Å². The number of rotatable bonds is 8. The van der Waals surface area contributed by atoms with Gasteiger partial charge in [-0.15, -0.1) is 0 Å². The van der Waals surface area contributed by atoms with Crippen LogP contribution in [-0.2, 0) is 11.2 Å². The molecule has 3 atom stereocenters. The molecule has 0 bridgehead atoms. The fraction of sp³-hybridized carbons (Fsp3) is 0.310. The molecule has 0 radical (unpaired) electrons. The molecule has 0 saturated carbocycles. The molecule has 1 aliphatic rings. The minimum absolute atomic E-state index is 0.109. The predicted octanol–water partition coefficient (Wildman–Crippen LogP) is 5.02. The highest BCUT2D eigenvalue weighted by atomic mass is 35.5. The summed E-state index contributed by atoms with van der Waals surface area (Å²) in [6.45, 7) is 5.95. The molecule has 1 saturated heterocycles. The van der Waals surface area contributed by atoms with Crippen LogP contribution in [0.2, 0.25) is 5.02 Å². The molecule has 1 aromatic heterocycles. The van der Waals surface area contributed by atoms with E-state index in [4.69, 9.17) is 11.6 Å². The van der Waals surface area contributed by atoms with E-state index in [1.165, 1.54) is 0 Å². The zero-order valence-electron chi connectivity index (χ0n) is 21.4. The van der Waals surface area contributed by atoms with Crippen LogP contribution in [-0.4, -0.2) is 34.2 Å². The average Bonchev–Trinajstić information content (AvgIpc) is 3.21. The number of fused-ring (bicyclic) bond motifs is 1. The number of nitrogens with one attached hydrogen (secondary N) is 2. The lowest BCUT2D eigenvalue weighted by molar-refractivity contribution is -0.137. The molecule has 196 valence electrons. The Morgan fingerprint density at radius 2 is 1.76 bits per heavy atom. The third-order valence-corrected chi connectivity index (χ3v) is 7.53. The van der Waals surface area contributed by atoms with Crippen LogP contribution >= 0.6 is 11.6 Å². The van der Waals surface area contributed by atoms with Crippen molar-refractivity contribution < 1.29 is 9.90 Å². The molecule has 8 nitrogen and oxygen atoms in total. The van der Waals surface area contributed by atoms with Crippen LogP contribution in [0.25, 0.3) is 10.8 Å². The van der Waals surface area contributed by atoms with E-state index in [0.717, 1.165) is 40.6 Å². The molecule has 0 spiro atoms. The first kappa shape index (κ1) is 25.7. The van der Waals surface area contributed by atoms with E-state index in [1.807, 2.05) is 74.2 Å². The van der Waals surface area contributed by atoms with Crippen molar-refractivity contribution in [2.24, 2.45) is 0 Å². The summed E-state index contributed by atoms with van der Waals surface area (Å²) in [5, 5.41) is 18.6. The molecule has 3 aromatic carbocycles. The number of halogens is 1. The second-order valence-corrected chi connectivity index (χ2v) is 10.5. The number of carbonyl (C=O) groups is 1. The van der Waals surface area contributed by atoms with Crippen LogP contribution < -0.4 is 26.4 Å². The van der Waals surface area contributed by atoms with Crippen molar-refractivity contribution in [3.05, 3.63) is 85.3 Å². The third kappa shape index (κ3) is 4.84. The van der Waals surface area contributed by atoms with Crippen LogP contribution in [0.5, 0.6) is 0 Å². The van der Waals surface area contributed by atoms with Gasteiger partial charge in [0, 0.05) is 40.3 Å². The smallest absolute Gasteiger partial charge is 0.326 e. The van der Waals surface area contributed by atoms with E-state index in [0.29, 0.717) is 16.5 Å². The molecule has 1 fully saturated rings. The van der Waals surface area contributed by atoms with Crippen LogP contribution in [0, 0.1) is 6.92 Å². The van der Waals surface area contributed by atoms with Crippen molar-refractivity contribution in [3.63, 3.8) is 0 Å². The molecule has 0 aliphatic carbocycles. The first-order valence-electron chi connectivity index (χ1n) is 12.7. The summed E-state index contributed by atoms with van der Waals surface area (Å²) in [7, 11) is 0. The van der Waals surface area contributed by atoms with Crippen molar-refractivity contribution in [1.29, 1.82) is 0 Å². The molecule has 4 aromatic rings. The summed E-state index contributed by atoms with van der Waals surface area (Å²) in [4.78, 5) is 43.5. The molecular weight excluding hydrogens is 504 g/mol. The third-order valence-electron chi connectivity index (χ3n) is 7.29. The van der Waals surface area contributed by atoms with Gasteiger partial charge in [-0.1, -0.05) is 29.8 Å². The van der Waals surface area contributed by atoms with Crippen molar-refractivity contribution in [2.45, 2.75) is 58.2 Å². The topological polar surface area (TPSA) is 112 Å². The van der Waals surface area contributed by atoms with Crippen molar-refractivity contribution in [3.8, 4) is 0 Å². The molecule has 0 amide bonds. The van der Waals surface area contributed by atoms with Gasteiger partial charge in [-0.05, 0) is 74.9 Å². The molecule has 5 rings (SSSR count). The van der Waals surface area contributed by atoms with Crippen molar-refractivity contribution in [2.75, 3.05) is 15.5 Å². The summed E-state index contributed by atoms with van der Waals surface area (Å²) < 4.78 is 0. The predicted molar refractivity (Wildman–Crippen MR) is 152 cm³/mol. The zero-order chi connectivity index (χ0) is 27.1. The summed E-state index contributed by atoms with van der Waals surface area (Å²) >= 11 is 6.20. The fourth-order valence-corrected chi connectivity index (χ4v) is 5.49. The van der Waals surface area contributed by atoms with E-state index >= 15 is 0 Å². The summed E-state index contributed by atoms with van der Waals surface area (Å²) in [6, 6.07) is 14.2. The highest BCUT2D eigenvalue weighted by Crippen LogP contribution is 2.33. The minimum Gasteiger partial charge on any atom is -0.480 e. The van der Waals surface area contributed by atoms with Crippen LogP contribution in [0.1, 0.15) is 37.9 Å². The number of carboxylic acid groups (broad SMARTS) is 1. The van der Waals surface area contributed by atoms with E-state index in [2.05, 4.69) is 15.6 Å². The normalized spacial score (nSPS) is 18.2. The Balaban J connectivity index is 1.34. The molecule has 3 N–H and O–H groups in total. The number of carboxylic acids is 1. The largest absolute Gasteiger partial charge is 0.480 e. The Labute approximate surface area is 225 Å². The maximum absolute atomic E-state index is 12.4. The van der Waals surface area contributed by atoms with Gasteiger partial charge < -0.3 is 20.6 Å². The standard InChI is InChI=1S/C29H29ClN4O4/c1-15-12-19-8-9-20(30)14-22(19)28(31-15)32-21-10-6-18(7-11-21)13-23(29(37)38)33-24-25(27(36)26(24)35)34-16(2)4-5-17(34)3/h6-12,14,16-17,23,33H,4-5,13H2,1-3H3,(H,31,32)(H,37,38)/t16?,17?,23-/m0/s1. The minimum atomic E-state index is -1.10. The average molecular weight is 533 g/mol. The maximum atomic E-state index is 12.4. The van der Waals surface area contributed by atoms with Gasteiger partial charge in [-0.25, -0.2) is 9.78 Å². The number of aryl methyl sites for hydroxylation is 1. The number of hydrogen-bond donors (Lipinski definition) is 3. The Kier molecular flexibility index (Phi) is 6.84. The highest BCUT2D eigenvalue weighted by Gasteiger charge is 2.36. The first-order valence-corrected chi connectivity index (χ1v) is 13.0. The number of benzene rings is 2. The molecule has 2 heterocycles. The molecule has 1 aliphatic heterocycles. The van der Waals surface area contributed by atoms with Gasteiger partial charge in [-0.3, -0.25) is 9.59 Å². The number of pyridine rings is 1. The SMILES string of the molecule is Cc1cc2ccc(Cl)cc2c(Nc2ccc(C[C@H](Nc3c(N4C(C)CCC4C)c(=O)c3=O)C(=O)O)cc2)n1. The van der Waals surface area contributed by atoms with E-state index in [-0.39, 0.29) is 24.2 Å². The molecule has 38 heavy (non-hydrogen) atoms. The van der Waals surface area contributed by atoms with E-state index in [1.54, 1.807) is 0 Å². The summed E-state index contributed by atoms with van der Waals surface area (Å²) in [5.74, 6) is -0.417. The fourth-order valence-electron chi connectivity index (χ4n) is 5.32. The lowest BCUT2D eigenvalue weighted by Gasteiger charge is -2.32. The second-order valence-electron chi connectivity index (χ2n) is 10.1. The Morgan fingerprint density at radius 1 is 1.08 bits per heavy atom.